The van der Waals surface area contributed by atoms with Crippen molar-refractivity contribution in [2.24, 2.45) is 0 Å². The number of H-pyrrole nitrogens is 1. The van der Waals surface area contributed by atoms with E-state index >= 15 is 0 Å². The number of rotatable bonds is 3. The fourth-order valence-corrected chi connectivity index (χ4v) is 1.65. The predicted molar refractivity (Wildman–Crippen MR) is 57.4 cm³/mol. The second-order valence-corrected chi connectivity index (χ2v) is 3.63. The summed E-state index contributed by atoms with van der Waals surface area (Å²) >= 11 is 0. The largest absolute Gasteiger partial charge is 0.361 e. The summed E-state index contributed by atoms with van der Waals surface area (Å²) in [6.07, 6.45) is 3.49. The lowest BCUT2D eigenvalue weighted by atomic mass is 9.98. The van der Waals surface area contributed by atoms with Gasteiger partial charge in [-0.05, 0) is 29.0 Å². The van der Waals surface area contributed by atoms with Crippen LogP contribution in [0.4, 0.5) is 0 Å². The first-order chi connectivity index (χ1) is 6.81. The highest BCUT2D eigenvalue weighted by Gasteiger charge is 2.05. The Morgan fingerprint density at radius 1 is 1.43 bits per heavy atom. The Bertz CT molecular complexity index is 444. The van der Waals surface area contributed by atoms with E-state index in [9.17, 15) is 4.79 Å². The van der Waals surface area contributed by atoms with Gasteiger partial charge >= 0.3 is 0 Å². The summed E-state index contributed by atoms with van der Waals surface area (Å²) in [5, 5.41) is 1.21. The van der Waals surface area contributed by atoms with Crippen molar-refractivity contribution >= 4 is 17.2 Å². The lowest BCUT2D eigenvalue weighted by Gasteiger charge is -2.07. The molecule has 0 spiro atoms. The van der Waals surface area contributed by atoms with Gasteiger partial charge in [0.2, 0.25) is 0 Å². The minimum Gasteiger partial charge on any atom is -0.361 e. The molecule has 2 nitrogen and oxygen atoms in total. The zero-order valence-corrected chi connectivity index (χ0v) is 8.16. The van der Waals surface area contributed by atoms with Crippen LogP contribution in [-0.4, -0.2) is 11.3 Å². The molecule has 14 heavy (non-hydrogen) atoms. The van der Waals surface area contributed by atoms with Crippen molar-refractivity contribution in [1.29, 1.82) is 0 Å². The molecule has 1 aromatic carbocycles. The molecule has 2 rings (SSSR count). The van der Waals surface area contributed by atoms with Crippen molar-refractivity contribution in [3.8, 4) is 0 Å². The van der Waals surface area contributed by atoms with E-state index in [1.165, 1.54) is 10.9 Å². The van der Waals surface area contributed by atoms with Crippen molar-refractivity contribution in [3.05, 3.63) is 36.0 Å². The molecule has 2 heteroatoms. The van der Waals surface area contributed by atoms with Gasteiger partial charge in [0.15, 0.2) is 0 Å². The van der Waals surface area contributed by atoms with Crippen LogP contribution in [0.3, 0.4) is 0 Å². The minimum absolute atomic E-state index is 0.306. The molecular weight excluding hydrogens is 174 g/mol. The highest BCUT2D eigenvalue weighted by molar-refractivity contribution is 5.80. The highest BCUT2D eigenvalue weighted by atomic mass is 16.1. The highest BCUT2D eigenvalue weighted by Crippen LogP contribution is 2.22. The van der Waals surface area contributed by atoms with E-state index in [0.717, 1.165) is 11.8 Å². The number of aromatic nitrogens is 1. The van der Waals surface area contributed by atoms with E-state index in [1.807, 2.05) is 12.3 Å². The third kappa shape index (κ3) is 1.55. The second kappa shape index (κ2) is 3.66. The zero-order chi connectivity index (χ0) is 9.97. The Kier molecular flexibility index (Phi) is 2.35. The summed E-state index contributed by atoms with van der Waals surface area (Å²) in [4.78, 5) is 13.6. The number of nitrogens with one attached hydrogen (secondary N) is 1. The van der Waals surface area contributed by atoms with Gasteiger partial charge in [-0.15, -0.1) is 0 Å². The van der Waals surface area contributed by atoms with Crippen LogP contribution in [0.15, 0.2) is 30.5 Å². The van der Waals surface area contributed by atoms with Crippen molar-refractivity contribution in [2.45, 2.75) is 19.3 Å². The van der Waals surface area contributed by atoms with E-state index in [0.29, 0.717) is 12.3 Å². The molecular formula is C12H13NO. The molecule has 1 heterocycles. The molecule has 1 aromatic heterocycles. The first-order valence-electron chi connectivity index (χ1n) is 4.82. The van der Waals surface area contributed by atoms with Crippen molar-refractivity contribution < 1.29 is 4.79 Å². The lowest BCUT2D eigenvalue weighted by Crippen LogP contribution is -1.93. The van der Waals surface area contributed by atoms with E-state index in [4.69, 9.17) is 0 Å². The smallest absolute Gasteiger partial charge is 0.120 e. The van der Waals surface area contributed by atoms with Crippen molar-refractivity contribution in [1.82, 2.24) is 4.98 Å². The van der Waals surface area contributed by atoms with E-state index < -0.39 is 0 Å². The summed E-state index contributed by atoms with van der Waals surface area (Å²) in [7, 11) is 0. The molecule has 0 bridgehead atoms. The number of hydrogen-bond donors (Lipinski definition) is 1. The van der Waals surface area contributed by atoms with Crippen LogP contribution in [0.1, 0.15) is 24.8 Å². The topological polar surface area (TPSA) is 32.9 Å². The SMILES string of the molecule is CC(CC=O)c1ccc2cc[nH]c2c1. The van der Waals surface area contributed by atoms with Gasteiger partial charge in [0.1, 0.15) is 6.29 Å². The number of carbonyl (C=O) groups is 1. The summed E-state index contributed by atoms with van der Waals surface area (Å²) in [6, 6.07) is 8.33. The van der Waals surface area contributed by atoms with Crippen LogP contribution in [0.5, 0.6) is 0 Å². The van der Waals surface area contributed by atoms with Crippen LogP contribution in [0.25, 0.3) is 10.9 Å². The van der Waals surface area contributed by atoms with Crippen LogP contribution >= 0.6 is 0 Å². The monoisotopic (exact) mass is 187 g/mol. The number of aldehydes is 1. The molecule has 2 aromatic rings. The summed E-state index contributed by atoms with van der Waals surface area (Å²) < 4.78 is 0. The Morgan fingerprint density at radius 2 is 2.29 bits per heavy atom. The second-order valence-electron chi connectivity index (χ2n) is 3.63. The number of hydrogen-bond acceptors (Lipinski definition) is 1. The third-order valence-corrected chi connectivity index (χ3v) is 2.60. The van der Waals surface area contributed by atoms with Gasteiger partial charge in [-0.1, -0.05) is 19.1 Å². The van der Waals surface area contributed by atoms with Crippen LogP contribution in [-0.2, 0) is 4.79 Å². The maximum Gasteiger partial charge on any atom is 0.120 e. The molecule has 0 fully saturated rings. The number of carbonyl (C=O) groups excluding carboxylic acids is 1. The quantitative estimate of drug-likeness (QED) is 0.736. The van der Waals surface area contributed by atoms with E-state index in [1.54, 1.807) is 0 Å². The molecule has 0 amide bonds. The summed E-state index contributed by atoms with van der Waals surface area (Å²) in [6.45, 7) is 2.07. The Balaban J connectivity index is 2.38. The van der Waals surface area contributed by atoms with Crippen molar-refractivity contribution in [2.75, 3.05) is 0 Å². The molecule has 1 atom stereocenters. The average Bonchev–Trinajstić information content (AvgIpc) is 2.64. The van der Waals surface area contributed by atoms with Gasteiger partial charge in [0, 0.05) is 18.1 Å². The molecule has 0 aliphatic heterocycles. The molecule has 72 valence electrons. The Morgan fingerprint density at radius 3 is 3.07 bits per heavy atom. The van der Waals surface area contributed by atoms with E-state index in [-0.39, 0.29) is 0 Å². The van der Waals surface area contributed by atoms with Crippen LogP contribution in [0.2, 0.25) is 0 Å². The summed E-state index contributed by atoms with van der Waals surface area (Å²) in [5.74, 6) is 0.306. The fraction of sp³-hybridized carbons (Fsp3) is 0.250. The number of fused-ring (bicyclic) bond motifs is 1. The maximum absolute atomic E-state index is 10.4. The first kappa shape index (κ1) is 9.00. The average molecular weight is 187 g/mol. The molecule has 1 unspecified atom stereocenters. The molecule has 0 radical (unpaired) electrons. The Labute approximate surface area is 82.9 Å². The van der Waals surface area contributed by atoms with Crippen LogP contribution in [0, 0.1) is 0 Å². The van der Waals surface area contributed by atoms with Gasteiger partial charge < -0.3 is 9.78 Å². The van der Waals surface area contributed by atoms with Gasteiger partial charge in [-0.25, -0.2) is 0 Å². The van der Waals surface area contributed by atoms with Gasteiger partial charge in [0.25, 0.3) is 0 Å². The minimum atomic E-state index is 0.306. The van der Waals surface area contributed by atoms with Crippen molar-refractivity contribution in [3.63, 3.8) is 0 Å². The third-order valence-electron chi connectivity index (χ3n) is 2.60. The first-order valence-corrected chi connectivity index (χ1v) is 4.82. The number of aromatic amines is 1. The fourth-order valence-electron chi connectivity index (χ4n) is 1.65. The molecule has 0 saturated carbocycles. The normalized spacial score (nSPS) is 12.9. The van der Waals surface area contributed by atoms with E-state index in [2.05, 4.69) is 30.1 Å². The molecule has 0 aliphatic rings. The van der Waals surface area contributed by atoms with Gasteiger partial charge in [-0.2, -0.15) is 0 Å². The molecule has 0 saturated heterocycles. The van der Waals surface area contributed by atoms with Gasteiger partial charge in [-0.3, -0.25) is 0 Å². The molecule has 0 aliphatic carbocycles. The maximum atomic E-state index is 10.4. The zero-order valence-electron chi connectivity index (χ0n) is 8.16. The summed E-state index contributed by atoms with van der Waals surface area (Å²) in [5.41, 5.74) is 2.35. The van der Waals surface area contributed by atoms with Gasteiger partial charge in [0.05, 0.1) is 0 Å². The standard InChI is InChI=1S/C12H13NO/c1-9(5-7-14)11-3-2-10-4-6-13-12(10)8-11/h2-4,6-9,13H,5H2,1H3. The molecule has 1 N–H and O–H groups in total. The predicted octanol–water partition coefficient (Wildman–Crippen LogP) is 2.86. The van der Waals surface area contributed by atoms with Crippen LogP contribution < -0.4 is 0 Å². The Hall–Kier alpha value is -1.57. The number of benzene rings is 1. The lowest BCUT2D eigenvalue weighted by molar-refractivity contribution is -0.108.